The van der Waals surface area contributed by atoms with Crippen LogP contribution in [0.4, 0.5) is 0 Å². The molecule has 148 valence electrons. The third-order valence-electron chi connectivity index (χ3n) is 5.41. The molecule has 2 aromatic heterocycles. The monoisotopic (exact) mass is 439 g/mol. The normalized spacial score (nSPS) is 17.7. The van der Waals surface area contributed by atoms with Crippen LogP contribution in [0.3, 0.4) is 0 Å². The van der Waals surface area contributed by atoms with E-state index in [2.05, 4.69) is 23.3 Å². The molecule has 0 bridgehead atoms. The van der Waals surface area contributed by atoms with Crippen molar-refractivity contribution >= 4 is 51.6 Å². The first-order valence-electron chi connectivity index (χ1n) is 9.56. The van der Waals surface area contributed by atoms with E-state index in [1.54, 1.807) is 22.3 Å². The van der Waals surface area contributed by atoms with Gasteiger partial charge in [0.1, 0.15) is 15.4 Å². The maximum absolute atomic E-state index is 12.7. The van der Waals surface area contributed by atoms with E-state index in [9.17, 15) is 10.1 Å². The fraction of sp³-hybridized carbons (Fsp3) is 0.318. The van der Waals surface area contributed by atoms with E-state index in [1.807, 2.05) is 19.9 Å². The lowest BCUT2D eigenvalue weighted by Crippen LogP contribution is -2.27. The molecule has 1 aliphatic carbocycles. The molecule has 0 aromatic carbocycles. The molecule has 1 saturated heterocycles. The summed E-state index contributed by atoms with van der Waals surface area (Å²) in [6, 6.07) is 4.53. The number of thiophene rings is 1. The molecule has 4 nitrogen and oxygen atoms in total. The van der Waals surface area contributed by atoms with E-state index in [0.717, 1.165) is 46.8 Å². The molecule has 0 spiro atoms. The average molecular weight is 440 g/mol. The van der Waals surface area contributed by atoms with E-state index >= 15 is 0 Å². The van der Waals surface area contributed by atoms with Gasteiger partial charge in [0.2, 0.25) is 0 Å². The highest BCUT2D eigenvalue weighted by molar-refractivity contribution is 8.26. The summed E-state index contributed by atoms with van der Waals surface area (Å²) in [7, 11) is 0. The van der Waals surface area contributed by atoms with Crippen molar-refractivity contribution in [1.82, 2.24) is 9.47 Å². The van der Waals surface area contributed by atoms with Crippen molar-refractivity contribution in [2.75, 3.05) is 6.54 Å². The van der Waals surface area contributed by atoms with Gasteiger partial charge in [0.25, 0.3) is 5.91 Å². The number of rotatable bonds is 4. The van der Waals surface area contributed by atoms with E-state index in [1.165, 1.54) is 28.6 Å². The Bertz CT molecular complexity index is 1110. The highest BCUT2D eigenvalue weighted by Crippen LogP contribution is 2.39. The van der Waals surface area contributed by atoms with Crippen LogP contribution in [-0.4, -0.2) is 26.2 Å². The number of thioether (sulfide) groups is 1. The average Bonchev–Trinajstić information content (AvgIpc) is 3.29. The van der Waals surface area contributed by atoms with Crippen molar-refractivity contribution in [3.63, 3.8) is 0 Å². The largest absolute Gasteiger partial charge is 0.308 e. The van der Waals surface area contributed by atoms with E-state index in [4.69, 9.17) is 12.2 Å². The SMILES string of the molecule is C=CCN1C(=O)/C(=C/c2cc(C)n(-c3sc4c(c3C#N)CCCC4)c2C)SC1=S. The molecular formula is C22H21N3OS3. The summed E-state index contributed by atoms with van der Waals surface area (Å²) >= 11 is 8.41. The van der Waals surface area contributed by atoms with Gasteiger partial charge in [-0.25, -0.2) is 0 Å². The molecule has 29 heavy (non-hydrogen) atoms. The summed E-state index contributed by atoms with van der Waals surface area (Å²) in [6.45, 7) is 8.22. The zero-order valence-corrected chi connectivity index (χ0v) is 18.9. The first-order chi connectivity index (χ1) is 14.0. The second-order valence-corrected chi connectivity index (χ2v) is 10.0. The third kappa shape index (κ3) is 3.39. The first kappa shape index (κ1) is 20.1. The minimum Gasteiger partial charge on any atom is -0.308 e. The number of aromatic nitrogens is 1. The summed E-state index contributed by atoms with van der Waals surface area (Å²) in [5.41, 5.74) is 5.13. The van der Waals surface area contributed by atoms with Crippen molar-refractivity contribution in [1.29, 1.82) is 5.26 Å². The Morgan fingerprint density at radius 1 is 1.34 bits per heavy atom. The van der Waals surface area contributed by atoms with Crippen LogP contribution < -0.4 is 0 Å². The van der Waals surface area contributed by atoms with Gasteiger partial charge in [-0.2, -0.15) is 5.26 Å². The van der Waals surface area contributed by atoms with E-state index in [-0.39, 0.29) is 5.91 Å². The molecule has 4 rings (SSSR count). The Morgan fingerprint density at radius 3 is 2.83 bits per heavy atom. The van der Waals surface area contributed by atoms with Crippen LogP contribution in [0.2, 0.25) is 0 Å². The van der Waals surface area contributed by atoms with Crippen molar-refractivity contribution in [3.05, 3.63) is 56.6 Å². The summed E-state index contributed by atoms with van der Waals surface area (Å²) in [5.74, 6) is -0.0750. The molecule has 1 fully saturated rings. The topological polar surface area (TPSA) is 49.0 Å². The number of fused-ring (bicyclic) bond motifs is 1. The standard InChI is InChI=1S/C22H21N3OS3/c1-4-9-24-20(26)19(29-22(24)27)11-15-10-13(2)25(14(15)3)21-17(12-23)16-7-5-6-8-18(16)28-21/h4,10-11H,1,5-9H2,2-3H3/b19-11-. The molecule has 3 heterocycles. The van der Waals surface area contributed by atoms with Crippen molar-refractivity contribution < 1.29 is 4.79 Å². The minimum atomic E-state index is -0.0750. The summed E-state index contributed by atoms with van der Waals surface area (Å²) < 4.78 is 2.73. The highest BCUT2D eigenvalue weighted by Gasteiger charge is 2.31. The number of thiocarbonyl (C=S) groups is 1. The number of carbonyl (C=O) groups excluding carboxylic acids is 1. The lowest BCUT2D eigenvalue weighted by atomic mass is 9.96. The Labute approximate surface area is 184 Å². The molecule has 0 saturated carbocycles. The van der Waals surface area contributed by atoms with Crippen LogP contribution in [0, 0.1) is 25.2 Å². The Balaban J connectivity index is 1.77. The highest BCUT2D eigenvalue weighted by atomic mass is 32.2. The molecule has 0 unspecified atom stereocenters. The van der Waals surface area contributed by atoms with Gasteiger partial charge in [-0.1, -0.05) is 30.1 Å². The number of amides is 1. The second kappa shape index (κ2) is 7.94. The quantitative estimate of drug-likeness (QED) is 0.369. The van der Waals surface area contributed by atoms with Crippen LogP contribution in [0.5, 0.6) is 0 Å². The van der Waals surface area contributed by atoms with Crippen molar-refractivity contribution in [2.24, 2.45) is 0 Å². The fourth-order valence-electron chi connectivity index (χ4n) is 4.00. The van der Waals surface area contributed by atoms with Crippen LogP contribution in [-0.2, 0) is 17.6 Å². The molecule has 2 aromatic rings. The predicted molar refractivity (Wildman–Crippen MR) is 125 cm³/mol. The van der Waals surface area contributed by atoms with Crippen LogP contribution >= 0.6 is 35.3 Å². The van der Waals surface area contributed by atoms with Gasteiger partial charge in [-0.3, -0.25) is 9.69 Å². The number of aryl methyl sites for hydroxylation is 2. The Kier molecular flexibility index (Phi) is 5.52. The predicted octanol–water partition coefficient (Wildman–Crippen LogP) is 5.29. The van der Waals surface area contributed by atoms with Crippen molar-refractivity contribution in [2.45, 2.75) is 39.5 Å². The zero-order valence-electron chi connectivity index (χ0n) is 16.4. The molecule has 1 aliphatic heterocycles. The minimum absolute atomic E-state index is 0.0750. The molecule has 0 radical (unpaired) electrons. The van der Waals surface area contributed by atoms with E-state index in [0.29, 0.717) is 15.8 Å². The van der Waals surface area contributed by atoms with Gasteiger partial charge in [0.15, 0.2) is 0 Å². The lowest BCUT2D eigenvalue weighted by molar-refractivity contribution is -0.121. The summed E-state index contributed by atoms with van der Waals surface area (Å²) in [4.78, 5) is 16.2. The second-order valence-electron chi connectivity index (χ2n) is 7.25. The molecular weight excluding hydrogens is 418 g/mol. The van der Waals surface area contributed by atoms with Gasteiger partial charge >= 0.3 is 0 Å². The van der Waals surface area contributed by atoms with Crippen LogP contribution in [0.1, 0.15) is 45.8 Å². The number of nitriles is 1. The van der Waals surface area contributed by atoms with Gasteiger partial charge < -0.3 is 4.57 Å². The number of hydrogen-bond acceptors (Lipinski definition) is 5. The summed E-state index contributed by atoms with van der Waals surface area (Å²) in [5, 5.41) is 10.8. The number of nitrogens with zero attached hydrogens (tertiary/aromatic N) is 3. The third-order valence-corrected chi connectivity index (χ3v) is 8.06. The van der Waals surface area contributed by atoms with Crippen molar-refractivity contribution in [3.8, 4) is 11.1 Å². The van der Waals surface area contributed by atoms with E-state index < -0.39 is 0 Å². The smallest absolute Gasteiger partial charge is 0.266 e. The first-order valence-corrected chi connectivity index (χ1v) is 11.6. The maximum Gasteiger partial charge on any atom is 0.266 e. The molecule has 0 atom stereocenters. The zero-order chi connectivity index (χ0) is 20.7. The lowest BCUT2D eigenvalue weighted by Gasteiger charge is -2.10. The van der Waals surface area contributed by atoms with Gasteiger partial charge in [-0.15, -0.1) is 17.9 Å². The summed E-state index contributed by atoms with van der Waals surface area (Å²) in [6.07, 6.45) is 8.00. The maximum atomic E-state index is 12.7. The Hall–Kier alpha value is -2.14. The number of hydrogen-bond donors (Lipinski definition) is 0. The Morgan fingerprint density at radius 2 is 2.10 bits per heavy atom. The molecule has 2 aliphatic rings. The molecule has 7 heteroatoms. The van der Waals surface area contributed by atoms with Crippen LogP contribution in [0.15, 0.2) is 23.6 Å². The molecule has 1 amide bonds. The number of carbonyl (C=O) groups is 1. The van der Waals surface area contributed by atoms with Gasteiger partial charge in [0, 0.05) is 22.8 Å². The van der Waals surface area contributed by atoms with Gasteiger partial charge in [-0.05, 0) is 62.8 Å². The van der Waals surface area contributed by atoms with Crippen LogP contribution in [0.25, 0.3) is 11.1 Å². The van der Waals surface area contributed by atoms with Gasteiger partial charge in [0.05, 0.1) is 10.5 Å². The fourth-order valence-corrected chi connectivity index (χ4v) is 6.71. The molecule has 0 N–H and O–H groups in total.